The first-order chi connectivity index (χ1) is 14.8. The van der Waals surface area contributed by atoms with E-state index in [4.69, 9.17) is 0 Å². The molecule has 182 valence electrons. The van der Waals surface area contributed by atoms with Crippen molar-refractivity contribution in [1.82, 2.24) is 0 Å². The molecular formula is C30H62. The monoisotopic (exact) mass is 422 g/mol. The molecule has 30 heavy (non-hydrogen) atoms. The summed E-state index contributed by atoms with van der Waals surface area (Å²) < 4.78 is 0. The van der Waals surface area contributed by atoms with Crippen molar-refractivity contribution in [2.75, 3.05) is 0 Å². The predicted molar refractivity (Wildman–Crippen MR) is 141 cm³/mol. The molecule has 0 aliphatic rings. The standard InChI is InChI=1S/C30H62/c1-4-7-10-12-14-16-17-18-19-21-23-26-29-30(27-24-9-6-3)28-25-22-20-15-13-11-8-5-2/h30H,4-29H2,1-3H3. The van der Waals surface area contributed by atoms with E-state index in [1.807, 2.05) is 0 Å². The first kappa shape index (κ1) is 30.0. The van der Waals surface area contributed by atoms with Crippen LogP contribution >= 0.6 is 0 Å². The fourth-order valence-corrected chi connectivity index (χ4v) is 4.96. The average Bonchev–Trinajstić information content (AvgIpc) is 2.76. The van der Waals surface area contributed by atoms with Gasteiger partial charge in [-0.2, -0.15) is 0 Å². The lowest BCUT2D eigenvalue weighted by atomic mass is 9.89. The minimum Gasteiger partial charge on any atom is -0.0654 e. The van der Waals surface area contributed by atoms with Gasteiger partial charge in [-0.3, -0.25) is 0 Å². The Morgan fingerprint density at radius 2 is 0.467 bits per heavy atom. The molecule has 0 heteroatoms. The summed E-state index contributed by atoms with van der Waals surface area (Å²) in [6.07, 6.45) is 38.3. The molecule has 1 unspecified atom stereocenters. The van der Waals surface area contributed by atoms with Crippen LogP contribution < -0.4 is 0 Å². The quantitative estimate of drug-likeness (QED) is 0.122. The Balaban J connectivity index is 3.58. The zero-order valence-corrected chi connectivity index (χ0v) is 22.0. The Morgan fingerprint density at radius 1 is 0.267 bits per heavy atom. The lowest BCUT2D eigenvalue weighted by molar-refractivity contribution is 0.367. The van der Waals surface area contributed by atoms with Crippen molar-refractivity contribution in [2.45, 2.75) is 188 Å². The third-order valence-corrected chi connectivity index (χ3v) is 7.15. The van der Waals surface area contributed by atoms with Crippen molar-refractivity contribution < 1.29 is 0 Å². The maximum absolute atomic E-state index is 2.35. The predicted octanol–water partition coefficient (Wildman–Crippen LogP) is 11.8. The van der Waals surface area contributed by atoms with Crippen molar-refractivity contribution in [3.05, 3.63) is 0 Å². The van der Waals surface area contributed by atoms with Gasteiger partial charge in [-0.1, -0.05) is 188 Å². The maximum Gasteiger partial charge on any atom is -0.0414 e. The van der Waals surface area contributed by atoms with Crippen LogP contribution in [0, 0.1) is 5.92 Å². The molecule has 0 fully saturated rings. The van der Waals surface area contributed by atoms with Crippen LogP contribution in [0.25, 0.3) is 0 Å². The van der Waals surface area contributed by atoms with E-state index in [2.05, 4.69) is 20.8 Å². The SMILES string of the molecule is CCCCCCCCCCCCCCC(CCCCC)CCCCCCCCCC. The first-order valence-electron chi connectivity index (χ1n) is 14.8. The van der Waals surface area contributed by atoms with Crippen LogP contribution in [0.3, 0.4) is 0 Å². The Bertz CT molecular complexity index is 282. The number of unbranched alkanes of at least 4 members (excludes halogenated alkanes) is 20. The summed E-state index contributed by atoms with van der Waals surface area (Å²) in [5, 5.41) is 0. The Kier molecular flexibility index (Phi) is 27.0. The second-order valence-corrected chi connectivity index (χ2v) is 10.3. The van der Waals surface area contributed by atoms with E-state index in [1.54, 1.807) is 0 Å². The van der Waals surface area contributed by atoms with Crippen molar-refractivity contribution in [3.8, 4) is 0 Å². The second kappa shape index (κ2) is 27.0. The van der Waals surface area contributed by atoms with Crippen LogP contribution in [0.1, 0.15) is 188 Å². The highest BCUT2D eigenvalue weighted by molar-refractivity contribution is 4.62. The molecule has 0 amide bonds. The van der Waals surface area contributed by atoms with E-state index in [0.29, 0.717) is 0 Å². The number of rotatable bonds is 26. The summed E-state index contributed by atoms with van der Waals surface area (Å²) in [5.41, 5.74) is 0. The molecule has 0 rings (SSSR count). The molecule has 0 nitrogen and oxygen atoms in total. The van der Waals surface area contributed by atoms with Gasteiger partial charge in [-0.15, -0.1) is 0 Å². The molecule has 0 N–H and O–H groups in total. The van der Waals surface area contributed by atoms with Gasteiger partial charge in [0.2, 0.25) is 0 Å². The highest BCUT2D eigenvalue weighted by Crippen LogP contribution is 2.24. The molecule has 0 bridgehead atoms. The lowest BCUT2D eigenvalue weighted by Gasteiger charge is -2.17. The largest absolute Gasteiger partial charge is 0.0654 e. The van der Waals surface area contributed by atoms with Gasteiger partial charge < -0.3 is 0 Å². The van der Waals surface area contributed by atoms with Crippen LogP contribution in [-0.2, 0) is 0 Å². The fraction of sp³-hybridized carbons (Fsp3) is 1.00. The van der Waals surface area contributed by atoms with E-state index in [0.717, 1.165) is 5.92 Å². The van der Waals surface area contributed by atoms with Gasteiger partial charge in [0, 0.05) is 0 Å². The molecule has 0 heterocycles. The van der Waals surface area contributed by atoms with Crippen molar-refractivity contribution in [2.24, 2.45) is 5.92 Å². The van der Waals surface area contributed by atoms with Crippen molar-refractivity contribution >= 4 is 0 Å². The average molecular weight is 423 g/mol. The number of hydrogen-bond donors (Lipinski definition) is 0. The van der Waals surface area contributed by atoms with Gasteiger partial charge in [0.25, 0.3) is 0 Å². The van der Waals surface area contributed by atoms with E-state index in [9.17, 15) is 0 Å². The first-order valence-corrected chi connectivity index (χ1v) is 14.8. The van der Waals surface area contributed by atoms with Gasteiger partial charge in [0.05, 0.1) is 0 Å². The molecule has 1 atom stereocenters. The molecule has 0 aliphatic carbocycles. The van der Waals surface area contributed by atoms with Crippen LogP contribution in [0.4, 0.5) is 0 Å². The molecule has 0 aromatic heterocycles. The van der Waals surface area contributed by atoms with E-state index in [-0.39, 0.29) is 0 Å². The fourth-order valence-electron chi connectivity index (χ4n) is 4.96. The minimum atomic E-state index is 1.04. The Labute approximate surface area is 193 Å². The third-order valence-electron chi connectivity index (χ3n) is 7.15. The van der Waals surface area contributed by atoms with Crippen LogP contribution in [-0.4, -0.2) is 0 Å². The molecule has 0 saturated carbocycles. The molecule has 0 aromatic rings. The van der Waals surface area contributed by atoms with Gasteiger partial charge in [-0.25, -0.2) is 0 Å². The zero-order valence-electron chi connectivity index (χ0n) is 22.0. The summed E-state index contributed by atoms with van der Waals surface area (Å²) >= 11 is 0. The second-order valence-electron chi connectivity index (χ2n) is 10.3. The Hall–Kier alpha value is 0. The highest BCUT2D eigenvalue weighted by Gasteiger charge is 2.08. The van der Waals surface area contributed by atoms with Crippen molar-refractivity contribution in [1.29, 1.82) is 0 Å². The van der Waals surface area contributed by atoms with Crippen LogP contribution in [0.5, 0.6) is 0 Å². The molecule has 0 saturated heterocycles. The third kappa shape index (κ3) is 24.3. The highest BCUT2D eigenvalue weighted by atomic mass is 14.1. The summed E-state index contributed by atoms with van der Waals surface area (Å²) in [6.45, 7) is 6.97. The smallest absolute Gasteiger partial charge is 0.0414 e. The summed E-state index contributed by atoms with van der Waals surface area (Å²) in [6, 6.07) is 0. The lowest BCUT2D eigenvalue weighted by Crippen LogP contribution is -2.01. The van der Waals surface area contributed by atoms with E-state index in [1.165, 1.54) is 167 Å². The molecule has 0 radical (unpaired) electrons. The topological polar surface area (TPSA) is 0 Å². The van der Waals surface area contributed by atoms with E-state index < -0.39 is 0 Å². The summed E-state index contributed by atoms with van der Waals surface area (Å²) in [4.78, 5) is 0. The summed E-state index contributed by atoms with van der Waals surface area (Å²) in [7, 11) is 0. The minimum absolute atomic E-state index is 1.04. The normalized spacial score (nSPS) is 12.5. The molecule has 0 aromatic carbocycles. The van der Waals surface area contributed by atoms with E-state index >= 15 is 0 Å². The van der Waals surface area contributed by atoms with Gasteiger partial charge in [0.15, 0.2) is 0 Å². The zero-order chi connectivity index (χ0) is 22.0. The van der Waals surface area contributed by atoms with Gasteiger partial charge in [0.1, 0.15) is 0 Å². The number of hydrogen-bond acceptors (Lipinski definition) is 0. The van der Waals surface area contributed by atoms with Crippen LogP contribution in [0.2, 0.25) is 0 Å². The van der Waals surface area contributed by atoms with Crippen molar-refractivity contribution in [3.63, 3.8) is 0 Å². The van der Waals surface area contributed by atoms with Gasteiger partial charge >= 0.3 is 0 Å². The molecule has 0 spiro atoms. The summed E-state index contributed by atoms with van der Waals surface area (Å²) in [5.74, 6) is 1.04. The maximum atomic E-state index is 2.35. The Morgan fingerprint density at radius 3 is 0.767 bits per heavy atom. The molecule has 0 aliphatic heterocycles. The molecular weight excluding hydrogens is 360 g/mol. The van der Waals surface area contributed by atoms with Gasteiger partial charge in [-0.05, 0) is 5.92 Å². The van der Waals surface area contributed by atoms with Crippen LogP contribution in [0.15, 0.2) is 0 Å².